The first-order valence-corrected chi connectivity index (χ1v) is 9.52. The van der Waals surface area contributed by atoms with Crippen LogP contribution in [0.5, 0.6) is 5.75 Å². The standard InChI is InChI=1S/C16H21N3O2S2/c1-21-12-5-3-4-11(8-12)9-18-15(20)14-10-23-16(19-14)13(17)6-7-22-2/h3-5,8,10,13H,6-7,9,17H2,1-2H3,(H,18,20). The van der Waals surface area contributed by atoms with Crippen LogP contribution < -0.4 is 15.8 Å². The molecule has 1 heterocycles. The van der Waals surface area contributed by atoms with E-state index in [9.17, 15) is 4.79 Å². The molecule has 2 rings (SSSR count). The van der Waals surface area contributed by atoms with Gasteiger partial charge in [0.2, 0.25) is 0 Å². The molecule has 0 aliphatic heterocycles. The average molecular weight is 351 g/mol. The number of thiazole rings is 1. The predicted octanol–water partition coefficient (Wildman–Crippen LogP) is 2.83. The Morgan fingerprint density at radius 1 is 1.52 bits per heavy atom. The fraction of sp³-hybridized carbons (Fsp3) is 0.375. The number of nitrogens with one attached hydrogen (secondary N) is 1. The molecule has 7 heteroatoms. The van der Waals surface area contributed by atoms with E-state index in [1.807, 2.05) is 30.5 Å². The number of hydrogen-bond donors (Lipinski definition) is 2. The lowest BCUT2D eigenvalue weighted by Crippen LogP contribution is -2.23. The molecule has 0 aliphatic rings. The molecule has 0 saturated carbocycles. The van der Waals surface area contributed by atoms with Gasteiger partial charge >= 0.3 is 0 Å². The summed E-state index contributed by atoms with van der Waals surface area (Å²) in [5, 5.41) is 5.44. The van der Waals surface area contributed by atoms with E-state index >= 15 is 0 Å². The van der Waals surface area contributed by atoms with Crippen molar-refractivity contribution in [2.45, 2.75) is 19.0 Å². The molecule has 5 nitrogen and oxygen atoms in total. The lowest BCUT2D eigenvalue weighted by molar-refractivity contribution is 0.0946. The average Bonchev–Trinajstić information content (AvgIpc) is 3.08. The maximum Gasteiger partial charge on any atom is 0.271 e. The molecule has 0 spiro atoms. The molecule has 0 fully saturated rings. The predicted molar refractivity (Wildman–Crippen MR) is 96.2 cm³/mol. The molecule has 0 saturated heterocycles. The van der Waals surface area contributed by atoms with Gasteiger partial charge in [0.1, 0.15) is 16.5 Å². The number of methoxy groups -OCH3 is 1. The second-order valence-corrected chi connectivity index (χ2v) is 6.87. The first-order valence-electron chi connectivity index (χ1n) is 7.25. The van der Waals surface area contributed by atoms with Crippen molar-refractivity contribution in [2.75, 3.05) is 19.1 Å². The Hall–Kier alpha value is -1.57. The van der Waals surface area contributed by atoms with Gasteiger partial charge in [-0.3, -0.25) is 4.79 Å². The van der Waals surface area contributed by atoms with Crippen molar-refractivity contribution in [1.82, 2.24) is 10.3 Å². The lowest BCUT2D eigenvalue weighted by atomic mass is 10.2. The van der Waals surface area contributed by atoms with Crippen molar-refractivity contribution in [3.8, 4) is 5.75 Å². The number of benzene rings is 1. The van der Waals surface area contributed by atoms with Gasteiger partial charge in [0.15, 0.2) is 0 Å². The summed E-state index contributed by atoms with van der Waals surface area (Å²) in [5.74, 6) is 1.57. The highest BCUT2D eigenvalue weighted by Gasteiger charge is 2.15. The normalized spacial score (nSPS) is 12.0. The first-order chi connectivity index (χ1) is 11.1. The fourth-order valence-corrected chi connectivity index (χ4v) is 3.31. The summed E-state index contributed by atoms with van der Waals surface area (Å²) in [6, 6.07) is 7.49. The van der Waals surface area contributed by atoms with Crippen LogP contribution >= 0.6 is 23.1 Å². The summed E-state index contributed by atoms with van der Waals surface area (Å²) in [6.07, 6.45) is 2.91. The molecule has 0 aliphatic carbocycles. The molecule has 1 aromatic carbocycles. The molecule has 3 N–H and O–H groups in total. The topological polar surface area (TPSA) is 77.2 Å². The SMILES string of the molecule is COc1cccc(CNC(=O)c2csc(C(N)CCSC)n2)c1. The molecular weight excluding hydrogens is 330 g/mol. The number of rotatable bonds is 8. The Balaban J connectivity index is 1.91. The van der Waals surface area contributed by atoms with E-state index in [1.54, 1.807) is 24.3 Å². The molecule has 1 aromatic heterocycles. The Kier molecular flexibility index (Phi) is 6.88. The number of nitrogens with zero attached hydrogens (tertiary/aromatic N) is 1. The van der Waals surface area contributed by atoms with Gasteiger partial charge in [-0.1, -0.05) is 12.1 Å². The quantitative estimate of drug-likeness (QED) is 0.765. The highest BCUT2D eigenvalue weighted by atomic mass is 32.2. The molecule has 2 aromatic rings. The van der Waals surface area contributed by atoms with Crippen LogP contribution in [0.2, 0.25) is 0 Å². The minimum atomic E-state index is -0.188. The molecule has 1 amide bonds. The number of amides is 1. The highest BCUT2D eigenvalue weighted by Crippen LogP contribution is 2.20. The van der Waals surface area contributed by atoms with Gasteiger partial charge < -0.3 is 15.8 Å². The number of hydrogen-bond acceptors (Lipinski definition) is 6. The first kappa shape index (κ1) is 17.8. The molecule has 124 valence electrons. The Bertz CT molecular complexity index is 646. The summed E-state index contributed by atoms with van der Waals surface area (Å²) >= 11 is 3.19. The smallest absolute Gasteiger partial charge is 0.271 e. The van der Waals surface area contributed by atoms with Crippen LogP contribution in [0.1, 0.15) is 33.5 Å². The zero-order valence-electron chi connectivity index (χ0n) is 13.2. The van der Waals surface area contributed by atoms with Crippen molar-refractivity contribution >= 4 is 29.0 Å². The Labute approximate surface area is 144 Å². The molecule has 0 radical (unpaired) electrons. The Morgan fingerprint density at radius 3 is 3.09 bits per heavy atom. The van der Waals surface area contributed by atoms with Gasteiger partial charge in [-0.2, -0.15) is 11.8 Å². The van der Waals surface area contributed by atoms with E-state index in [0.29, 0.717) is 12.2 Å². The number of carbonyl (C=O) groups is 1. The highest BCUT2D eigenvalue weighted by molar-refractivity contribution is 7.98. The van der Waals surface area contributed by atoms with E-state index in [4.69, 9.17) is 10.5 Å². The van der Waals surface area contributed by atoms with Gasteiger partial charge in [-0.15, -0.1) is 11.3 Å². The van der Waals surface area contributed by atoms with Crippen LogP contribution in [0.25, 0.3) is 0 Å². The second kappa shape index (κ2) is 8.90. The summed E-state index contributed by atoms with van der Waals surface area (Å²) < 4.78 is 5.17. The van der Waals surface area contributed by atoms with E-state index in [-0.39, 0.29) is 11.9 Å². The van der Waals surface area contributed by atoms with Crippen molar-refractivity contribution in [3.63, 3.8) is 0 Å². The third kappa shape index (κ3) is 5.23. The largest absolute Gasteiger partial charge is 0.497 e. The fourth-order valence-electron chi connectivity index (χ4n) is 1.99. The van der Waals surface area contributed by atoms with Crippen molar-refractivity contribution in [2.24, 2.45) is 5.73 Å². The molecule has 0 bridgehead atoms. The number of thioether (sulfide) groups is 1. The summed E-state index contributed by atoms with van der Waals surface area (Å²) in [7, 11) is 1.62. The zero-order chi connectivity index (χ0) is 16.7. The van der Waals surface area contributed by atoms with Gasteiger partial charge in [0.25, 0.3) is 5.91 Å². The molecule has 1 atom stereocenters. The molecular formula is C16H21N3O2S2. The lowest BCUT2D eigenvalue weighted by Gasteiger charge is -2.07. The Morgan fingerprint density at radius 2 is 2.35 bits per heavy atom. The number of ether oxygens (including phenoxy) is 1. The minimum absolute atomic E-state index is 0.104. The van der Waals surface area contributed by atoms with Crippen LogP contribution in [0.3, 0.4) is 0 Å². The molecule has 23 heavy (non-hydrogen) atoms. The van der Waals surface area contributed by atoms with E-state index in [0.717, 1.165) is 28.5 Å². The summed E-state index contributed by atoms with van der Waals surface area (Å²) in [4.78, 5) is 16.5. The number of carbonyl (C=O) groups excluding carboxylic acids is 1. The number of nitrogens with two attached hydrogens (primary N) is 1. The van der Waals surface area contributed by atoms with Crippen LogP contribution in [-0.2, 0) is 6.54 Å². The van der Waals surface area contributed by atoms with Crippen LogP contribution in [0.15, 0.2) is 29.6 Å². The van der Waals surface area contributed by atoms with Crippen molar-refractivity contribution < 1.29 is 9.53 Å². The van der Waals surface area contributed by atoms with Crippen LogP contribution in [0, 0.1) is 0 Å². The van der Waals surface area contributed by atoms with Crippen LogP contribution in [-0.4, -0.2) is 30.0 Å². The van der Waals surface area contributed by atoms with Crippen molar-refractivity contribution in [1.29, 1.82) is 0 Å². The summed E-state index contributed by atoms with van der Waals surface area (Å²) in [6.45, 7) is 0.432. The van der Waals surface area contributed by atoms with Gasteiger partial charge in [-0.05, 0) is 36.1 Å². The number of aromatic nitrogens is 1. The van der Waals surface area contributed by atoms with Gasteiger partial charge in [-0.25, -0.2) is 4.98 Å². The van der Waals surface area contributed by atoms with Gasteiger partial charge in [0, 0.05) is 11.9 Å². The van der Waals surface area contributed by atoms with E-state index in [2.05, 4.69) is 10.3 Å². The summed E-state index contributed by atoms with van der Waals surface area (Å²) in [5.41, 5.74) is 7.48. The third-order valence-electron chi connectivity index (χ3n) is 3.29. The van der Waals surface area contributed by atoms with Gasteiger partial charge in [0.05, 0.1) is 13.2 Å². The maximum absolute atomic E-state index is 12.2. The monoisotopic (exact) mass is 351 g/mol. The van der Waals surface area contributed by atoms with Crippen LogP contribution in [0.4, 0.5) is 0 Å². The molecule has 1 unspecified atom stereocenters. The minimum Gasteiger partial charge on any atom is -0.497 e. The van der Waals surface area contributed by atoms with Crippen molar-refractivity contribution in [3.05, 3.63) is 45.9 Å². The second-order valence-electron chi connectivity index (χ2n) is 4.99. The zero-order valence-corrected chi connectivity index (χ0v) is 14.9. The maximum atomic E-state index is 12.2. The van der Waals surface area contributed by atoms with E-state index < -0.39 is 0 Å². The van der Waals surface area contributed by atoms with E-state index in [1.165, 1.54) is 11.3 Å². The third-order valence-corrected chi connectivity index (χ3v) is 4.91.